The monoisotopic (exact) mass is 407 g/mol. The van der Waals surface area contributed by atoms with E-state index in [2.05, 4.69) is 9.71 Å². The molecule has 0 spiro atoms. The fourth-order valence-electron chi connectivity index (χ4n) is 3.37. The summed E-state index contributed by atoms with van der Waals surface area (Å²) < 4.78 is 36.3. The lowest BCUT2D eigenvalue weighted by Crippen LogP contribution is -2.27. The molecule has 0 radical (unpaired) electrons. The van der Waals surface area contributed by atoms with Crippen LogP contribution in [-0.2, 0) is 10.0 Å². The summed E-state index contributed by atoms with van der Waals surface area (Å²) in [6.07, 6.45) is 5.29. The van der Waals surface area contributed by atoms with Crippen molar-refractivity contribution in [2.75, 3.05) is 7.11 Å². The highest BCUT2D eigenvalue weighted by Crippen LogP contribution is 2.31. The van der Waals surface area contributed by atoms with Crippen LogP contribution in [0.4, 0.5) is 0 Å². The van der Waals surface area contributed by atoms with Gasteiger partial charge in [-0.2, -0.15) is 0 Å². The quantitative estimate of drug-likeness (QED) is 0.523. The van der Waals surface area contributed by atoms with Crippen molar-refractivity contribution >= 4 is 20.8 Å². The maximum absolute atomic E-state index is 13.1. The highest BCUT2D eigenvalue weighted by Gasteiger charge is 2.22. The van der Waals surface area contributed by atoms with E-state index in [0.717, 1.165) is 16.6 Å². The van der Waals surface area contributed by atoms with Crippen molar-refractivity contribution in [3.63, 3.8) is 0 Å². The van der Waals surface area contributed by atoms with Crippen molar-refractivity contribution in [3.05, 3.63) is 84.9 Å². The molecule has 4 aromatic rings. The van der Waals surface area contributed by atoms with Crippen molar-refractivity contribution in [1.82, 2.24) is 14.3 Å². The molecular weight excluding hydrogens is 386 g/mol. The molecule has 0 fully saturated rings. The number of nitrogens with zero attached hydrogens (tertiary/aromatic N) is 2. The first-order valence-corrected chi connectivity index (χ1v) is 10.6. The smallest absolute Gasteiger partial charge is 0.241 e. The fourth-order valence-corrected chi connectivity index (χ4v) is 4.81. The summed E-state index contributed by atoms with van der Waals surface area (Å²) >= 11 is 0. The van der Waals surface area contributed by atoms with Crippen LogP contribution in [0.2, 0.25) is 0 Å². The molecule has 1 unspecified atom stereocenters. The van der Waals surface area contributed by atoms with E-state index in [1.165, 1.54) is 0 Å². The molecule has 29 heavy (non-hydrogen) atoms. The zero-order valence-electron chi connectivity index (χ0n) is 16.1. The lowest BCUT2D eigenvalue weighted by molar-refractivity contribution is 0.419. The molecule has 1 heterocycles. The van der Waals surface area contributed by atoms with E-state index in [1.54, 1.807) is 37.8 Å². The maximum atomic E-state index is 13.1. The Bertz CT molecular complexity index is 1230. The number of methoxy groups -OCH3 is 1. The third kappa shape index (κ3) is 3.74. The zero-order valence-corrected chi connectivity index (χ0v) is 16.9. The minimum Gasteiger partial charge on any atom is -0.496 e. The third-order valence-corrected chi connectivity index (χ3v) is 6.48. The average Bonchev–Trinajstić information content (AvgIpc) is 3.27. The number of hydrogen-bond donors (Lipinski definition) is 1. The van der Waals surface area contributed by atoms with E-state index in [9.17, 15) is 8.42 Å². The first-order valence-electron chi connectivity index (χ1n) is 9.16. The van der Waals surface area contributed by atoms with E-state index >= 15 is 0 Å². The Kier molecular flexibility index (Phi) is 5.08. The molecule has 4 rings (SSSR count). The molecule has 6 nitrogen and oxygen atoms in total. The first-order chi connectivity index (χ1) is 14.0. The van der Waals surface area contributed by atoms with Gasteiger partial charge in [0.05, 0.1) is 18.3 Å². The Morgan fingerprint density at radius 2 is 1.72 bits per heavy atom. The van der Waals surface area contributed by atoms with Gasteiger partial charge in [-0.1, -0.05) is 36.4 Å². The fraction of sp³-hybridized carbons (Fsp3) is 0.136. The van der Waals surface area contributed by atoms with Crippen LogP contribution in [0, 0.1) is 0 Å². The van der Waals surface area contributed by atoms with Crippen molar-refractivity contribution in [1.29, 1.82) is 0 Å². The van der Waals surface area contributed by atoms with Gasteiger partial charge in [-0.15, -0.1) is 0 Å². The molecule has 0 aliphatic carbocycles. The lowest BCUT2D eigenvalue weighted by atomic mass is 10.1. The van der Waals surface area contributed by atoms with Gasteiger partial charge in [-0.05, 0) is 36.8 Å². The molecule has 7 heteroatoms. The minimum atomic E-state index is -3.73. The van der Waals surface area contributed by atoms with Crippen molar-refractivity contribution in [2.24, 2.45) is 0 Å². The van der Waals surface area contributed by atoms with E-state index in [1.807, 2.05) is 60.2 Å². The summed E-state index contributed by atoms with van der Waals surface area (Å²) in [4.78, 5) is 4.27. The number of imidazole rings is 1. The summed E-state index contributed by atoms with van der Waals surface area (Å²) in [5, 5.41) is 1.39. The highest BCUT2D eigenvalue weighted by atomic mass is 32.2. The molecule has 0 saturated carbocycles. The second-order valence-corrected chi connectivity index (χ2v) is 8.40. The normalized spacial score (nSPS) is 12.8. The molecule has 1 N–H and O–H groups in total. The number of rotatable bonds is 6. The Hall–Kier alpha value is -3.16. The Labute approximate surface area is 169 Å². The van der Waals surface area contributed by atoms with Gasteiger partial charge < -0.3 is 9.30 Å². The van der Waals surface area contributed by atoms with E-state index in [-0.39, 0.29) is 4.90 Å². The molecule has 1 aromatic heterocycles. The van der Waals surface area contributed by atoms with Crippen LogP contribution in [-0.4, -0.2) is 25.1 Å². The highest BCUT2D eigenvalue weighted by molar-refractivity contribution is 7.89. The SMILES string of the molecule is COc1ccc(S(=O)(=O)NC(C)c2ccc(-n3ccnc3)cc2)c2ccccc12. The number of fused-ring (bicyclic) bond motifs is 1. The van der Waals surface area contributed by atoms with Crippen LogP contribution in [0.3, 0.4) is 0 Å². The van der Waals surface area contributed by atoms with Crippen molar-refractivity contribution < 1.29 is 13.2 Å². The van der Waals surface area contributed by atoms with Crippen LogP contribution in [0.5, 0.6) is 5.75 Å². The summed E-state index contributed by atoms with van der Waals surface area (Å²) in [5.41, 5.74) is 1.83. The molecule has 148 valence electrons. The average molecular weight is 407 g/mol. The topological polar surface area (TPSA) is 73.2 Å². The van der Waals surface area contributed by atoms with Crippen molar-refractivity contribution in [2.45, 2.75) is 17.9 Å². The van der Waals surface area contributed by atoms with Crippen LogP contribution < -0.4 is 9.46 Å². The van der Waals surface area contributed by atoms with Crippen LogP contribution in [0.25, 0.3) is 16.5 Å². The number of hydrogen-bond acceptors (Lipinski definition) is 4. The summed E-state index contributed by atoms with van der Waals surface area (Å²) in [7, 11) is -2.16. The van der Waals surface area contributed by atoms with Gasteiger partial charge in [-0.3, -0.25) is 0 Å². The van der Waals surface area contributed by atoms with Crippen molar-refractivity contribution in [3.8, 4) is 11.4 Å². The summed E-state index contributed by atoms with van der Waals surface area (Å²) in [6, 6.07) is 17.9. The van der Waals surface area contributed by atoms with Crippen LogP contribution >= 0.6 is 0 Å². The number of benzene rings is 3. The number of nitrogens with one attached hydrogen (secondary N) is 1. The summed E-state index contributed by atoms with van der Waals surface area (Å²) in [5.74, 6) is 0.641. The Morgan fingerprint density at radius 1 is 1.00 bits per heavy atom. The molecule has 0 bridgehead atoms. The van der Waals surface area contributed by atoms with Crippen LogP contribution in [0.1, 0.15) is 18.5 Å². The number of ether oxygens (including phenoxy) is 1. The van der Waals surface area contributed by atoms with Gasteiger partial charge in [-0.25, -0.2) is 18.1 Å². The van der Waals surface area contributed by atoms with E-state index in [0.29, 0.717) is 11.1 Å². The number of sulfonamides is 1. The molecule has 0 aliphatic rings. The molecule has 3 aromatic carbocycles. The molecule has 1 atom stereocenters. The molecule has 0 saturated heterocycles. The minimum absolute atomic E-state index is 0.232. The second-order valence-electron chi connectivity index (χ2n) is 6.72. The van der Waals surface area contributed by atoms with Gasteiger partial charge in [0.1, 0.15) is 5.75 Å². The standard InChI is InChI=1S/C22H21N3O3S/c1-16(17-7-9-18(10-8-17)25-14-13-23-15-25)24-29(26,27)22-12-11-21(28-2)19-5-3-4-6-20(19)22/h3-16,24H,1-2H3. The van der Waals surface area contributed by atoms with Gasteiger partial charge >= 0.3 is 0 Å². The molecule has 0 aliphatic heterocycles. The van der Waals surface area contributed by atoms with Gasteiger partial charge in [0.2, 0.25) is 10.0 Å². The largest absolute Gasteiger partial charge is 0.496 e. The predicted molar refractivity (Wildman–Crippen MR) is 113 cm³/mol. The zero-order chi connectivity index (χ0) is 20.4. The van der Waals surface area contributed by atoms with Gasteiger partial charge in [0.25, 0.3) is 0 Å². The lowest BCUT2D eigenvalue weighted by Gasteiger charge is -2.17. The van der Waals surface area contributed by atoms with Crippen LogP contribution in [0.15, 0.2) is 84.3 Å². The third-order valence-electron chi connectivity index (χ3n) is 4.88. The predicted octanol–water partition coefficient (Wildman–Crippen LogP) is 4.07. The van der Waals surface area contributed by atoms with E-state index < -0.39 is 16.1 Å². The first kappa shape index (κ1) is 19.2. The summed E-state index contributed by atoms with van der Waals surface area (Å²) in [6.45, 7) is 1.83. The second kappa shape index (κ2) is 7.69. The van der Waals surface area contributed by atoms with Gasteiger partial charge in [0, 0.05) is 34.9 Å². The maximum Gasteiger partial charge on any atom is 0.241 e. The molecule has 0 amide bonds. The Morgan fingerprint density at radius 3 is 2.38 bits per heavy atom. The number of aromatic nitrogens is 2. The Balaban J connectivity index is 1.63. The molecular formula is C22H21N3O3S. The van der Waals surface area contributed by atoms with Gasteiger partial charge in [0.15, 0.2) is 0 Å². The van der Waals surface area contributed by atoms with E-state index in [4.69, 9.17) is 4.74 Å².